The molecule has 6 nitrogen and oxygen atoms in total. The second-order valence-electron chi connectivity index (χ2n) is 8.14. The second kappa shape index (κ2) is 8.05. The van der Waals surface area contributed by atoms with Crippen molar-refractivity contribution >= 4 is 11.8 Å². The van der Waals surface area contributed by atoms with Crippen molar-refractivity contribution in [3.05, 3.63) is 59.9 Å². The third-order valence-electron chi connectivity index (χ3n) is 6.14. The number of hydrogen-bond donors (Lipinski definition) is 1. The van der Waals surface area contributed by atoms with E-state index in [-0.39, 0.29) is 25.4 Å². The molecule has 1 aromatic carbocycles. The Morgan fingerprint density at radius 1 is 1.13 bits per heavy atom. The van der Waals surface area contributed by atoms with Gasteiger partial charge in [-0.2, -0.15) is 0 Å². The molecule has 2 aromatic rings. The number of ether oxygens (including phenoxy) is 1. The van der Waals surface area contributed by atoms with Crippen molar-refractivity contribution in [3.63, 3.8) is 0 Å². The molecule has 0 bridgehead atoms. The van der Waals surface area contributed by atoms with Crippen LogP contribution in [0, 0.1) is 0 Å². The van der Waals surface area contributed by atoms with Gasteiger partial charge in [0.05, 0.1) is 19.1 Å². The lowest BCUT2D eigenvalue weighted by Gasteiger charge is -2.38. The van der Waals surface area contributed by atoms with E-state index in [1.165, 1.54) is 4.90 Å². The highest BCUT2D eigenvalue weighted by molar-refractivity contribution is 5.93. The fraction of sp³-hybridized carbons (Fsp3) is 0.435. The Labute approximate surface area is 175 Å². The van der Waals surface area contributed by atoms with Crippen molar-refractivity contribution < 1.29 is 18.7 Å². The van der Waals surface area contributed by atoms with Crippen molar-refractivity contribution in [2.75, 3.05) is 20.2 Å². The van der Waals surface area contributed by atoms with Crippen LogP contribution in [-0.4, -0.2) is 47.6 Å². The van der Waals surface area contributed by atoms with Crippen LogP contribution in [0.1, 0.15) is 36.8 Å². The molecule has 0 radical (unpaired) electrons. The lowest BCUT2D eigenvalue weighted by Crippen LogP contribution is -2.57. The van der Waals surface area contributed by atoms with Gasteiger partial charge in [-0.1, -0.05) is 12.1 Å². The lowest BCUT2D eigenvalue weighted by atomic mass is 9.89. The molecule has 1 unspecified atom stereocenters. The highest BCUT2D eigenvalue weighted by Gasteiger charge is 2.55. The van der Waals surface area contributed by atoms with Gasteiger partial charge in [0.25, 0.3) is 5.91 Å². The van der Waals surface area contributed by atoms with Gasteiger partial charge in [0.2, 0.25) is 11.6 Å². The van der Waals surface area contributed by atoms with Gasteiger partial charge in [-0.25, -0.2) is 4.39 Å². The molecule has 4 rings (SSSR count). The number of nitrogens with one attached hydrogen (secondary N) is 1. The summed E-state index contributed by atoms with van der Waals surface area (Å²) in [5.74, 6) is -0.0175. The molecule has 1 N–H and O–H groups in total. The van der Waals surface area contributed by atoms with Gasteiger partial charge >= 0.3 is 0 Å². The highest BCUT2D eigenvalue weighted by Crippen LogP contribution is 2.50. The molecule has 30 heavy (non-hydrogen) atoms. The van der Waals surface area contributed by atoms with Crippen molar-refractivity contribution in [1.82, 2.24) is 15.2 Å². The van der Waals surface area contributed by atoms with Crippen LogP contribution in [-0.2, 0) is 21.5 Å². The number of halogens is 1. The van der Waals surface area contributed by atoms with E-state index in [0.29, 0.717) is 13.0 Å². The first-order valence-electron chi connectivity index (χ1n) is 10.3. The molecule has 1 saturated heterocycles. The van der Waals surface area contributed by atoms with Crippen LogP contribution in [0.5, 0.6) is 5.75 Å². The number of carbonyl (C=O) groups excluding carboxylic acids is 2. The van der Waals surface area contributed by atoms with Crippen LogP contribution in [0.4, 0.5) is 4.39 Å². The number of methoxy groups -OCH3 is 1. The van der Waals surface area contributed by atoms with E-state index in [1.807, 2.05) is 24.3 Å². The van der Waals surface area contributed by atoms with E-state index in [4.69, 9.17) is 4.74 Å². The van der Waals surface area contributed by atoms with E-state index in [2.05, 4.69) is 10.3 Å². The standard InChI is InChI=1S/C23H26FN3O3/c1-30-19-5-3-18(4-6-19)22(10-11-22)21(29)27-14-2-9-23(24,16-27)20(28)26-15-17-7-12-25-13-8-17/h3-8,12-13H,2,9-11,14-16H2,1H3,(H,26,28). The topological polar surface area (TPSA) is 71.5 Å². The molecule has 158 valence electrons. The predicted molar refractivity (Wildman–Crippen MR) is 110 cm³/mol. The van der Waals surface area contributed by atoms with Crippen LogP contribution >= 0.6 is 0 Å². The normalized spacial score (nSPS) is 22.3. The Kier molecular flexibility index (Phi) is 5.45. The maximum atomic E-state index is 15.6. The summed E-state index contributed by atoms with van der Waals surface area (Å²) in [6.07, 6.45) is 5.31. The molecule has 2 amide bonds. The Morgan fingerprint density at radius 2 is 1.83 bits per heavy atom. The number of aromatic nitrogens is 1. The van der Waals surface area contributed by atoms with E-state index in [0.717, 1.165) is 29.7 Å². The zero-order chi connectivity index (χ0) is 21.2. The molecule has 2 heterocycles. The fourth-order valence-electron chi connectivity index (χ4n) is 4.17. The molecule has 1 aromatic heterocycles. The monoisotopic (exact) mass is 411 g/mol. The largest absolute Gasteiger partial charge is 0.497 e. The van der Waals surface area contributed by atoms with Gasteiger partial charge in [-0.05, 0) is 61.1 Å². The second-order valence-corrected chi connectivity index (χ2v) is 8.14. The van der Waals surface area contributed by atoms with Crippen molar-refractivity contribution in [3.8, 4) is 5.75 Å². The third-order valence-corrected chi connectivity index (χ3v) is 6.14. The number of hydrogen-bond acceptors (Lipinski definition) is 4. The number of carbonyl (C=O) groups is 2. The zero-order valence-corrected chi connectivity index (χ0v) is 17.1. The Morgan fingerprint density at radius 3 is 2.47 bits per heavy atom. The smallest absolute Gasteiger partial charge is 0.259 e. The number of piperidine rings is 1. The molecule has 2 fully saturated rings. The van der Waals surface area contributed by atoms with Gasteiger partial charge in [0.1, 0.15) is 5.75 Å². The number of pyridine rings is 1. The zero-order valence-electron chi connectivity index (χ0n) is 17.1. The first-order valence-corrected chi connectivity index (χ1v) is 10.3. The van der Waals surface area contributed by atoms with E-state index in [1.54, 1.807) is 31.6 Å². The summed E-state index contributed by atoms with van der Waals surface area (Å²) in [4.78, 5) is 31.4. The minimum Gasteiger partial charge on any atom is -0.497 e. The van der Waals surface area contributed by atoms with Gasteiger partial charge in [-0.3, -0.25) is 14.6 Å². The fourth-order valence-corrected chi connectivity index (χ4v) is 4.17. The minimum atomic E-state index is -2.07. The first-order chi connectivity index (χ1) is 14.5. The number of amides is 2. The molecule has 1 aliphatic heterocycles. The third kappa shape index (κ3) is 3.88. The number of likely N-dealkylation sites (tertiary alicyclic amines) is 1. The minimum absolute atomic E-state index is 0.0867. The summed E-state index contributed by atoms with van der Waals surface area (Å²) in [7, 11) is 1.60. The van der Waals surface area contributed by atoms with Crippen molar-refractivity contribution in [2.24, 2.45) is 0 Å². The summed E-state index contributed by atoms with van der Waals surface area (Å²) in [6.45, 7) is 0.503. The summed E-state index contributed by atoms with van der Waals surface area (Å²) in [5.41, 5.74) is -0.901. The van der Waals surface area contributed by atoms with Gasteiger partial charge in [-0.15, -0.1) is 0 Å². The van der Waals surface area contributed by atoms with Crippen molar-refractivity contribution in [1.29, 1.82) is 0 Å². The van der Waals surface area contributed by atoms with Crippen molar-refractivity contribution in [2.45, 2.75) is 43.3 Å². The summed E-state index contributed by atoms with van der Waals surface area (Å²) < 4.78 is 20.7. The lowest BCUT2D eigenvalue weighted by molar-refractivity contribution is -0.145. The quantitative estimate of drug-likeness (QED) is 0.794. The van der Waals surface area contributed by atoms with Crippen LogP contribution in [0.2, 0.25) is 0 Å². The molecular formula is C23H26FN3O3. The number of benzene rings is 1. The van der Waals surface area contributed by atoms with Gasteiger partial charge < -0.3 is 15.0 Å². The average Bonchev–Trinajstić information content (AvgIpc) is 3.60. The molecule has 0 spiro atoms. The van der Waals surface area contributed by atoms with Gasteiger partial charge in [0, 0.05) is 25.5 Å². The molecule has 1 atom stereocenters. The maximum absolute atomic E-state index is 15.6. The summed E-state index contributed by atoms with van der Waals surface area (Å²) >= 11 is 0. The SMILES string of the molecule is COc1ccc(C2(C(=O)N3CCCC(F)(C(=O)NCc4ccncc4)C3)CC2)cc1. The average molecular weight is 411 g/mol. The Bertz CT molecular complexity index is 915. The molecule has 1 saturated carbocycles. The van der Waals surface area contributed by atoms with Crippen LogP contribution in [0.3, 0.4) is 0 Å². The Hall–Kier alpha value is -2.96. The van der Waals surface area contributed by atoms with Crippen LogP contribution < -0.4 is 10.1 Å². The highest BCUT2D eigenvalue weighted by atomic mass is 19.1. The maximum Gasteiger partial charge on any atom is 0.259 e. The summed E-state index contributed by atoms with van der Waals surface area (Å²) in [5, 5.41) is 2.67. The molecular weight excluding hydrogens is 385 g/mol. The van der Waals surface area contributed by atoms with Crippen LogP contribution in [0.15, 0.2) is 48.8 Å². The van der Waals surface area contributed by atoms with Crippen LogP contribution in [0.25, 0.3) is 0 Å². The molecule has 2 aliphatic rings. The van der Waals surface area contributed by atoms with E-state index >= 15 is 4.39 Å². The number of nitrogens with zero attached hydrogens (tertiary/aromatic N) is 2. The Balaban J connectivity index is 1.43. The molecule has 1 aliphatic carbocycles. The van der Waals surface area contributed by atoms with E-state index in [9.17, 15) is 9.59 Å². The van der Waals surface area contributed by atoms with E-state index < -0.39 is 17.0 Å². The van der Waals surface area contributed by atoms with Gasteiger partial charge in [0.15, 0.2) is 0 Å². The number of alkyl halides is 1. The first kappa shape index (κ1) is 20.3. The molecule has 7 heteroatoms. The predicted octanol–water partition coefficient (Wildman–Crippen LogP) is 2.77. The number of rotatable bonds is 6. The summed E-state index contributed by atoms with van der Waals surface area (Å²) in [6, 6.07) is 11.0.